The summed E-state index contributed by atoms with van der Waals surface area (Å²) in [6.07, 6.45) is 0.984. The highest BCUT2D eigenvalue weighted by atomic mass is 16.6. The maximum atomic E-state index is 11.8. The molecule has 2 N–H and O–H groups in total. The molecule has 0 heterocycles. The lowest BCUT2D eigenvalue weighted by atomic mass is 10.1. The van der Waals surface area contributed by atoms with Crippen molar-refractivity contribution < 1.29 is 19.2 Å². The van der Waals surface area contributed by atoms with Gasteiger partial charge < -0.3 is 20.2 Å². The molecular formula is C19H21N3O4. The zero-order chi connectivity index (χ0) is 18.9. The van der Waals surface area contributed by atoms with Crippen LogP contribution in [0.4, 0.5) is 11.4 Å². The quantitative estimate of drug-likeness (QED) is 0.590. The molecular weight excluding hydrogens is 334 g/mol. The summed E-state index contributed by atoms with van der Waals surface area (Å²) < 4.78 is 5.07. The lowest BCUT2D eigenvalue weighted by Gasteiger charge is -2.07. The van der Waals surface area contributed by atoms with E-state index in [4.69, 9.17) is 9.57 Å². The maximum Gasteiger partial charge on any atom is 0.270 e. The molecule has 0 radical (unpaired) electrons. The molecule has 0 spiro atoms. The van der Waals surface area contributed by atoms with Gasteiger partial charge in [-0.25, -0.2) is 0 Å². The molecule has 136 valence electrons. The van der Waals surface area contributed by atoms with Gasteiger partial charge in [-0.3, -0.25) is 9.59 Å². The Hall–Kier alpha value is -3.35. The van der Waals surface area contributed by atoms with Gasteiger partial charge in [0.05, 0.1) is 7.11 Å². The number of carbonyl (C=O) groups excluding carboxylic acids is 2. The SMILES string of the molecule is COc1cccc(NC(=O)CO/N=C\C(=O)Nc2ccc(C)cc2C)c1. The number of benzene rings is 2. The van der Waals surface area contributed by atoms with E-state index in [1.54, 1.807) is 31.4 Å². The number of methoxy groups -OCH3 is 1. The number of carbonyl (C=O) groups is 2. The smallest absolute Gasteiger partial charge is 0.270 e. The highest BCUT2D eigenvalue weighted by Crippen LogP contribution is 2.17. The molecule has 2 aromatic carbocycles. The predicted octanol–water partition coefficient (Wildman–Crippen LogP) is 2.89. The molecule has 0 aromatic heterocycles. The van der Waals surface area contributed by atoms with Crippen LogP contribution in [0, 0.1) is 13.8 Å². The monoisotopic (exact) mass is 355 g/mol. The van der Waals surface area contributed by atoms with Crippen molar-refractivity contribution >= 4 is 29.4 Å². The van der Waals surface area contributed by atoms with Crippen LogP contribution in [0.5, 0.6) is 5.75 Å². The van der Waals surface area contributed by atoms with Gasteiger partial charge in [-0.2, -0.15) is 0 Å². The van der Waals surface area contributed by atoms with E-state index in [9.17, 15) is 9.59 Å². The van der Waals surface area contributed by atoms with Crippen LogP contribution in [-0.2, 0) is 14.4 Å². The number of oxime groups is 1. The number of hydrogen-bond acceptors (Lipinski definition) is 5. The Kier molecular flexibility index (Phi) is 6.73. The van der Waals surface area contributed by atoms with Crippen LogP contribution >= 0.6 is 0 Å². The number of hydrogen-bond donors (Lipinski definition) is 2. The highest BCUT2D eigenvalue weighted by molar-refractivity contribution is 6.31. The van der Waals surface area contributed by atoms with E-state index in [0.717, 1.165) is 17.3 Å². The number of amides is 2. The van der Waals surface area contributed by atoms with Crippen LogP contribution in [0.1, 0.15) is 11.1 Å². The van der Waals surface area contributed by atoms with Crippen molar-refractivity contribution in [3.63, 3.8) is 0 Å². The molecule has 0 unspecified atom stereocenters. The lowest BCUT2D eigenvalue weighted by Crippen LogP contribution is -2.18. The summed E-state index contributed by atoms with van der Waals surface area (Å²) in [5.41, 5.74) is 3.34. The fraction of sp³-hybridized carbons (Fsp3) is 0.211. The Morgan fingerprint density at radius 3 is 2.65 bits per heavy atom. The number of aryl methyl sites for hydroxylation is 2. The summed E-state index contributed by atoms with van der Waals surface area (Å²) in [6, 6.07) is 12.6. The van der Waals surface area contributed by atoms with E-state index >= 15 is 0 Å². The highest BCUT2D eigenvalue weighted by Gasteiger charge is 2.05. The normalized spacial score (nSPS) is 10.4. The summed E-state index contributed by atoms with van der Waals surface area (Å²) in [7, 11) is 1.54. The van der Waals surface area contributed by atoms with Crippen molar-refractivity contribution in [1.29, 1.82) is 0 Å². The van der Waals surface area contributed by atoms with Gasteiger partial charge in [0.2, 0.25) is 0 Å². The Morgan fingerprint density at radius 1 is 1.12 bits per heavy atom. The summed E-state index contributed by atoms with van der Waals surface area (Å²) >= 11 is 0. The number of ether oxygens (including phenoxy) is 1. The zero-order valence-electron chi connectivity index (χ0n) is 14.9. The molecule has 26 heavy (non-hydrogen) atoms. The van der Waals surface area contributed by atoms with Crippen LogP contribution in [0.3, 0.4) is 0 Å². The number of rotatable bonds is 7. The van der Waals surface area contributed by atoms with Gasteiger partial charge in [0, 0.05) is 17.4 Å². The fourth-order valence-corrected chi connectivity index (χ4v) is 2.20. The van der Waals surface area contributed by atoms with E-state index in [1.807, 2.05) is 32.0 Å². The van der Waals surface area contributed by atoms with Crippen molar-refractivity contribution in [2.75, 3.05) is 24.4 Å². The summed E-state index contributed by atoms with van der Waals surface area (Å²) in [4.78, 5) is 28.4. The number of nitrogens with zero attached hydrogens (tertiary/aromatic N) is 1. The molecule has 0 fully saturated rings. The first-order valence-corrected chi connectivity index (χ1v) is 7.95. The third kappa shape index (κ3) is 5.94. The van der Waals surface area contributed by atoms with Crippen molar-refractivity contribution in [3.05, 3.63) is 53.6 Å². The van der Waals surface area contributed by atoms with Gasteiger partial charge in [0.15, 0.2) is 6.61 Å². The van der Waals surface area contributed by atoms with E-state index < -0.39 is 11.8 Å². The first-order chi connectivity index (χ1) is 12.5. The topological polar surface area (TPSA) is 89.0 Å². The average molecular weight is 355 g/mol. The van der Waals surface area contributed by atoms with Crippen molar-refractivity contribution in [3.8, 4) is 5.75 Å². The third-order valence-corrected chi connectivity index (χ3v) is 3.43. The van der Waals surface area contributed by atoms with Gasteiger partial charge in [0.1, 0.15) is 12.0 Å². The Balaban J connectivity index is 1.77. The van der Waals surface area contributed by atoms with Gasteiger partial charge in [-0.15, -0.1) is 0 Å². The molecule has 0 saturated carbocycles. The van der Waals surface area contributed by atoms with E-state index in [-0.39, 0.29) is 6.61 Å². The summed E-state index contributed by atoms with van der Waals surface area (Å²) in [5, 5.41) is 8.84. The number of anilines is 2. The van der Waals surface area contributed by atoms with E-state index in [0.29, 0.717) is 17.1 Å². The third-order valence-electron chi connectivity index (χ3n) is 3.43. The van der Waals surface area contributed by atoms with Crippen LogP contribution in [0.15, 0.2) is 47.6 Å². The Labute approximate surface area is 152 Å². The molecule has 0 atom stereocenters. The van der Waals surface area contributed by atoms with Crippen molar-refractivity contribution in [2.24, 2.45) is 5.16 Å². The van der Waals surface area contributed by atoms with E-state index in [2.05, 4.69) is 15.8 Å². The van der Waals surface area contributed by atoms with Gasteiger partial charge in [-0.1, -0.05) is 28.9 Å². The summed E-state index contributed by atoms with van der Waals surface area (Å²) in [6.45, 7) is 3.56. The zero-order valence-corrected chi connectivity index (χ0v) is 14.9. The summed E-state index contributed by atoms with van der Waals surface area (Å²) in [5.74, 6) is -0.208. The molecule has 2 amide bonds. The van der Waals surface area contributed by atoms with Crippen LogP contribution in [-0.4, -0.2) is 31.7 Å². The molecule has 0 saturated heterocycles. The van der Waals surface area contributed by atoms with E-state index in [1.165, 1.54) is 0 Å². The Bertz CT molecular complexity index is 818. The molecule has 0 aliphatic carbocycles. The largest absolute Gasteiger partial charge is 0.497 e. The second-order valence-electron chi connectivity index (χ2n) is 5.60. The maximum absolute atomic E-state index is 11.8. The molecule has 0 bridgehead atoms. The van der Waals surface area contributed by atoms with Gasteiger partial charge >= 0.3 is 0 Å². The molecule has 7 nitrogen and oxygen atoms in total. The Morgan fingerprint density at radius 2 is 1.92 bits per heavy atom. The second-order valence-corrected chi connectivity index (χ2v) is 5.60. The molecule has 2 rings (SSSR count). The fourth-order valence-electron chi connectivity index (χ4n) is 2.20. The average Bonchev–Trinajstić information content (AvgIpc) is 2.61. The first kappa shape index (κ1) is 19.0. The standard InChI is InChI=1S/C19H21N3O4/c1-13-7-8-17(14(2)9-13)22-18(23)11-20-26-12-19(24)21-15-5-4-6-16(10-15)25-3/h4-11H,12H2,1-3H3,(H,21,24)(H,22,23)/b20-11-. The van der Waals surface area contributed by atoms with Crippen molar-refractivity contribution in [1.82, 2.24) is 0 Å². The molecule has 0 aliphatic rings. The van der Waals surface area contributed by atoms with Crippen LogP contribution in [0.25, 0.3) is 0 Å². The minimum Gasteiger partial charge on any atom is -0.497 e. The van der Waals surface area contributed by atoms with Crippen LogP contribution in [0.2, 0.25) is 0 Å². The minimum atomic E-state index is -0.440. The first-order valence-electron chi connectivity index (χ1n) is 7.95. The second kappa shape index (κ2) is 9.22. The molecule has 7 heteroatoms. The minimum absolute atomic E-state index is 0.315. The predicted molar refractivity (Wildman–Crippen MR) is 101 cm³/mol. The molecule has 2 aromatic rings. The lowest BCUT2D eigenvalue weighted by molar-refractivity contribution is -0.120. The van der Waals surface area contributed by atoms with Crippen LogP contribution < -0.4 is 15.4 Å². The van der Waals surface area contributed by atoms with Crippen molar-refractivity contribution in [2.45, 2.75) is 13.8 Å². The van der Waals surface area contributed by atoms with Gasteiger partial charge in [-0.05, 0) is 37.6 Å². The van der Waals surface area contributed by atoms with Gasteiger partial charge in [0.25, 0.3) is 11.8 Å². The number of nitrogens with one attached hydrogen (secondary N) is 2. The molecule has 0 aliphatic heterocycles.